The van der Waals surface area contributed by atoms with Crippen molar-refractivity contribution in [2.24, 2.45) is 5.73 Å². The van der Waals surface area contributed by atoms with Crippen molar-refractivity contribution in [2.45, 2.75) is 6.54 Å². The number of benzene rings is 2. The van der Waals surface area contributed by atoms with Crippen LogP contribution in [-0.2, 0) is 11.3 Å². The molecular formula is C21H22BrFN2O5. The van der Waals surface area contributed by atoms with Gasteiger partial charge in [-0.15, -0.1) is 6.58 Å². The molecule has 0 aromatic heterocycles. The predicted molar refractivity (Wildman–Crippen MR) is 113 cm³/mol. The molecule has 0 spiro atoms. The minimum Gasteiger partial charge on any atom is -0.493 e. The molecule has 160 valence electrons. The lowest BCUT2D eigenvalue weighted by Crippen LogP contribution is -2.31. The fraction of sp³-hybridized carbons (Fsp3) is 0.238. The van der Waals surface area contributed by atoms with E-state index in [0.29, 0.717) is 10.0 Å². The molecule has 7 nitrogen and oxygen atoms in total. The highest BCUT2D eigenvalue weighted by Gasteiger charge is 2.22. The Morgan fingerprint density at radius 2 is 1.83 bits per heavy atom. The number of rotatable bonds is 10. The molecule has 0 fully saturated rings. The summed E-state index contributed by atoms with van der Waals surface area (Å²) in [6.07, 6.45) is 1.55. The van der Waals surface area contributed by atoms with Crippen molar-refractivity contribution in [1.82, 2.24) is 4.90 Å². The molecule has 0 saturated carbocycles. The van der Waals surface area contributed by atoms with E-state index in [1.54, 1.807) is 18.2 Å². The van der Waals surface area contributed by atoms with Crippen LogP contribution in [0.4, 0.5) is 4.39 Å². The molecule has 2 N–H and O–H groups in total. The van der Waals surface area contributed by atoms with Crippen LogP contribution in [0.3, 0.4) is 0 Å². The number of hydrogen-bond donors (Lipinski definition) is 1. The first-order chi connectivity index (χ1) is 14.3. The molecule has 0 saturated heterocycles. The number of primary amides is 1. The van der Waals surface area contributed by atoms with Gasteiger partial charge in [-0.25, -0.2) is 4.39 Å². The Bertz CT molecular complexity index is 926. The summed E-state index contributed by atoms with van der Waals surface area (Å²) in [5.74, 6) is -0.980. The Kier molecular flexibility index (Phi) is 8.23. The van der Waals surface area contributed by atoms with Crippen LogP contribution in [0.5, 0.6) is 17.2 Å². The van der Waals surface area contributed by atoms with E-state index < -0.39 is 17.6 Å². The van der Waals surface area contributed by atoms with E-state index in [1.807, 2.05) is 0 Å². The summed E-state index contributed by atoms with van der Waals surface area (Å²) >= 11 is 3.31. The molecule has 30 heavy (non-hydrogen) atoms. The molecule has 2 amide bonds. The number of amides is 2. The first-order valence-electron chi connectivity index (χ1n) is 8.81. The average Bonchev–Trinajstić information content (AvgIpc) is 2.73. The quantitative estimate of drug-likeness (QED) is 0.526. The molecule has 0 heterocycles. The van der Waals surface area contributed by atoms with Crippen molar-refractivity contribution in [3.63, 3.8) is 0 Å². The minimum atomic E-state index is -0.674. The van der Waals surface area contributed by atoms with Gasteiger partial charge in [0.05, 0.1) is 14.2 Å². The zero-order valence-corrected chi connectivity index (χ0v) is 18.2. The summed E-state index contributed by atoms with van der Waals surface area (Å²) in [6, 6.07) is 7.43. The van der Waals surface area contributed by atoms with Gasteiger partial charge in [0, 0.05) is 28.7 Å². The van der Waals surface area contributed by atoms with E-state index in [4.69, 9.17) is 19.9 Å². The molecule has 0 aliphatic rings. The molecule has 0 unspecified atom stereocenters. The first kappa shape index (κ1) is 23.2. The summed E-state index contributed by atoms with van der Waals surface area (Å²) in [5, 5.41) is 0. The normalized spacial score (nSPS) is 10.3. The highest BCUT2D eigenvalue weighted by Crippen LogP contribution is 2.39. The number of ether oxygens (including phenoxy) is 3. The van der Waals surface area contributed by atoms with Gasteiger partial charge in [-0.05, 0) is 30.3 Å². The molecule has 0 atom stereocenters. The van der Waals surface area contributed by atoms with Crippen molar-refractivity contribution >= 4 is 27.7 Å². The predicted octanol–water partition coefficient (Wildman–Crippen LogP) is 3.30. The maximum Gasteiger partial charge on any atom is 0.255 e. The third-order valence-electron chi connectivity index (χ3n) is 4.07. The van der Waals surface area contributed by atoms with Crippen LogP contribution in [0.15, 0.2) is 47.5 Å². The van der Waals surface area contributed by atoms with Crippen LogP contribution in [0.25, 0.3) is 0 Å². The van der Waals surface area contributed by atoms with E-state index in [9.17, 15) is 14.0 Å². The Morgan fingerprint density at radius 1 is 1.20 bits per heavy atom. The van der Waals surface area contributed by atoms with Crippen molar-refractivity contribution < 1.29 is 28.2 Å². The lowest BCUT2D eigenvalue weighted by atomic mass is 10.1. The molecule has 9 heteroatoms. The number of halogens is 2. The van der Waals surface area contributed by atoms with E-state index in [1.165, 1.54) is 37.3 Å². The van der Waals surface area contributed by atoms with Crippen LogP contribution in [-0.4, -0.2) is 44.1 Å². The van der Waals surface area contributed by atoms with E-state index in [2.05, 4.69) is 22.5 Å². The highest BCUT2D eigenvalue weighted by molar-refractivity contribution is 9.10. The van der Waals surface area contributed by atoms with Gasteiger partial charge in [0.25, 0.3) is 11.8 Å². The van der Waals surface area contributed by atoms with Crippen molar-refractivity contribution in [1.29, 1.82) is 0 Å². The Balaban J connectivity index is 2.40. The van der Waals surface area contributed by atoms with Crippen molar-refractivity contribution in [2.75, 3.05) is 27.4 Å². The third-order valence-corrected chi connectivity index (χ3v) is 4.57. The first-order valence-corrected chi connectivity index (χ1v) is 9.61. The second kappa shape index (κ2) is 10.6. The Labute approximate surface area is 182 Å². The summed E-state index contributed by atoms with van der Waals surface area (Å²) in [7, 11) is 2.77. The molecule has 0 radical (unpaired) electrons. The number of nitrogens with two attached hydrogens (primary N) is 1. The van der Waals surface area contributed by atoms with Gasteiger partial charge in [-0.2, -0.15) is 0 Å². The zero-order chi connectivity index (χ0) is 22.3. The van der Waals surface area contributed by atoms with E-state index >= 15 is 0 Å². The molecule has 0 aliphatic heterocycles. The van der Waals surface area contributed by atoms with Gasteiger partial charge < -0.3 is 24.8 Å². The maximum atomic E-state index is 14.2. The molecular weight excluding hydrogens is 459 g/mol. The fourth-order valence-corrected chi connectivity index (χ4v) is 3.13. The number of carbonyl (C=O) groups is 2. The Morgan fingerprint density at radius 3 is 2.37 bits per heavy atom. The highest BCUT2D eigenvalue weighted by atomic mass is 79.9. The number of hydrogen-bond acceptors (Lipinski definition) is 5. The second-order valence-electron chi connectivity index (χ2n) is 6.17. The lowest BCUT2D eigenvalue weighted by molar-refractivity contribution is -0.120. The zero-order valence-electron chi connectivity index (χ0n) is 16.6. The number of methoxy groups -OCH3 is 2. The van der Waals surface area contributed by atoms with Gasteiger partial charge in [-0.3, -0.25) is 9.59 Å². The fourth-order valence-electron chi connectivity index (χ4n) is 2.72. The van der Waals surface area contributed by atoms with Crippen LogP contribution in [0, 0.1) is 5.82 Å². The van der Waals surface area contributed by atoms with Crippen molar-refractivity contribution in [3.8, 4) is 17.2 Å². The Hall–Kier alpha value is -3.07. The SMILES string of the molecule is C=CCN(Cc1cc(Br)ccc1F)C(=O)c1cc(OC)c(OCC(N)=O)c(OC)c1. The van der Waals surface area contributed by atoms with Crippen LogP contribution < -0.4 is 19.9 Å². The van der Waals surface area contributed by atoms with Crippen LogP contribution in [0.1, 0.15) is 15.9 Å². The van der Waals surface area contributed by atoms with Crippen LogP contribution >= 0.6 is 15.9 Å². The summed E-state index contributed by atoms with van der Waals surface area (Å²) in [6.45, 7) is 3.50. The summed E-state index contributed by atoms with van der Waals surface area (Å²) in [4.78, 5) is 25.6. The number of nitrogens with zero attached hydrogens (tertiary/aromatic N) is 1. The van der Waals surface area contributed by atoms with Gasteiger partial charge >= 0.3 is 0 Å². The summed E-state index contributed by atoms with van der Waals surface area (Å²) in [5.41, 5.74) is 5.70. The molecule has 0 aliphatic carbocycles. The maximum absolute atomic E-state index is 14.2. The largest absolute Gasteiger partial charge is 0.493 e. The smallest absolute Gasteiger partial charge is 0.255 e. The second-order valence-corrected chi connectivity index (χ2v) is 7.09. The third kappa shape index (κ3) is 5.73. The van der Waals surface area contributed by atoms with Gasteiger partial charge in [0.2, 0.25) is 5.75 Å². The summed E-state index contributed by atoms with van der Waals surface area (Å²) < 4.78 is 30.8. The molecule has 2 rings (SSSR count). The van der Waals surface area contributed by atoms with Crippen LogP contribution in [0.2, 0.25) is 0 Å². The minimum absolute atomic E-state index is 0.0285. The molecule has 0 bridgehead atoms. The monoisotopic (exact) mass is 480 g/mol. The van der Waals surface area contributed by atoms with Gasteiger partial charge in [0.1, 0.15) is 5.82 Å². The van der Waals surface area contributed by atoms with Gasteiger partial charge in [0.15, 0.2) is 18.1 Å². The van der Waals surface area contributed by atoms with Crippen molar-refractivity contribution in [3.05, 3.63) is 64.4 Å². The molecule has 2 aromatic rings. The van der Waals surface area contributed by atoms with E-state index in [-0.39, 0.29) is 42.5 Å². The number of carbonyl (C=O) groups excluding carboxylic acids is 2. The lowest BCUT2D eigenvalue weighted by Gasteiger charge is -2.23. The van der Waals surface area contributed by atoms with Gasteiger partial charge in [-0.1, -0.05) is 22.0 Å². The molecule has 2 aromatic carbocycles. The average molecular weight is 481 g/mol. The topological polar surface area (TPSA) is 91.1 Å². The van der Waals surface area contributed by atoms with E-state index in [0.717, 1.165) is 0 Å². The standard InChI is InChI=1S/C21H22BrFN2O5/c1-4-7-25(11-14-8-15(22)5-6-16(14)23)21(27)13-9-17(28-2)20(18(10-13)29-3)30-12-19(24)26/h4-6,8-10H,1,7,11-12H2,2-3H3,(H2,24,26).